The molecule has 0 spiro atoms. The first kappa shape index (κ1) is 17.7. The van der Waals surface area contributed by atoms with Crippen molar-refractivity contribution < 1.29 is 4.79 Å². The van der Waals surface area contributed by atoms with Crippen LogP contribution < -0.4 is 5.32 Å². The van der Waals surface area contributed by atoms with Gasteiger partial charge in [-0.05, 0) is 54.8 Å². The van der Waals surface area contributed by atoms with E-state index in [0.717, 1.165) is 34.6 Å². The minimum atomic E-state index is -0.114. The molecular formula is C22H22ClN3O. The highest BCUT2D eigenvalue weighted by Gasteiger charge is 2.30. The molecule has 0 aliphatic carbocycles. The van der Waals surface area contributed by atoms with Crippen LogP contribution in [0, 0.1) is 6.92 Å². The molecule has 1 atom stereocenters. The summed E-state index contributed by atoms with van der Waals surface area (Å²) in [5, 5.41) is 3.71. The highest BCUT2D eigenvalue weighted by atomic mass is 35.5. The van der Waals surface area contributed by atoms with Crippen molar-refractivity contribution in [1.82, 2.24) is 9.47 Å². The van der Waals surface area contributed by atoms with E-state index in [4.69, 9.17) is 11.6 Å². The second-order valence-corrected chi connectivity index (χ2v) is 7.23. The zero-order valence-electron chi connectivity index (χ0n) is 15.4. The fourth-order valence-electron chi connectivity index (χ4n) is 3.79. The van der Waals surface area contributed by atoms with Crippen LogP contribution in [0.4, 0.5) is 10.5 Å². The maximum atomic E-state index is 13.3. The van der Waals surface area contributed by atoms with Crippen LogP contribution in [0.5, 0.6) is 0 Å². The number of amides is 2. The molecule has 0 saturated heterocycles. The molecule has 27 heavy (non-hydrogen) atoms. The largest absolute Gasteiger partial charge is 0.322 e. The third kappa shape index (κ3) is 3.10. The van der Waals surface area contributed by atoms with Crippen molar-refractivity contribution >= 4 is 23.3 Å². The fourth-order valence-corrected chi connectivity index (χ4v) is 3.97. The van der Waals surface area contributed by atoms with Crippen LogP contribution in [-0.4, -0.2) is 15.5 Å². The van der Waals surface area contributed by atoms with E-state index in [-0.39, 0.29) is 12.1 Å². The Kier molecular flexibility index (Phi) is 4.66. The Labute approximate surface area is 164 Å². The van der Waals surface area contributed by atoms with Gasteiger partial charge >= 0.3 is 6.03 Å². The van der Waals surface area contributed by atoms with Gasteiger partial charge in [-0.15, -0.1) is 0 Å². The normalized spacial score (nSPS) is 15.7. The van der Waals surface area contributed by atoms with Gasteiger partial charge in [0.2, 0.25) is 0 Å². The number of para-hydroxylation sites is 1. The van der Waals surface area contributed by atoms with Crippen LogP contribution in [0.15, 0.2) is 60.8 Å². The van der Waals surface area contributed by atoms with E-state index in [1.807, 2.05) is 48.2 Å². The predicted molar refractivity (Wildman–Crippen MR) is 110 cm³/mol. The fraction of sp³-hybridized carbons (Fsp3) is 0.227. The molecule has 0 unspecified atom stereocenters. The zero-order chi connectivity index (χ0) is 19.0. The Morgan fingerprint density at radius 2 is 1.96 bits per heavy atom. The molecule has 3 aromatic rings. The third-order valence-corrected chi connectivity index (χ3v) is 5.66. The van der Waals surface area contributed by atoms with Crippen LogP contribution >= 0.6 is 11.6 Å². The van der Waals surface area contributed by atoms with E-state index in [9.17, 15) is 4.79 Å². The molecule has 2 amide bonds. The summed E-state index contributed by atoms with van der Waals surface area (Å²) >= 11 is 6.22. The molecule has 0 fully saturated rings. The maximum absolute atomic E-state index is 13.3. The first-order chi connectivity index (χ1) is 13.1. The molecule has 0 saturated carbocycles. The summed E-state index contributed by atoms with van der Waals surface area (Å²) in [6.45, 7) is 4.59. The van der Waals surface area contributed by atoms with Gasteiger partial charge in [0.15, 0.2) is 0 Å². The van der Waals surface area contributed by atoms with Crippen LogP contribution in [0.1, 0.15) is 36.2 Å². The highest BCUT2D eigenvalue weighted by molar-refractivity contribution is 6.31. The number of rotatable bonds is 2. The minimum Gasteiger partial charge on any atom is -0.318 e. The van der Waals surface area contributed by atoms with Gasteiger partial charge < -0.3 is 14.8 Å². The molecular weight excluding hydrogens is 358 g/mol. The standard InChI is InChI=1S/C22H22ClN3O/c1-3-19-21-12-7-13-25(21)20-11-5-4-8-16(20)14-26(19)22(27)24-18-10-6-9-17(23)15(18)2/h4-13,19H,3,14H2,1-2H3,(H,24,27)/t19-/m1/s1. The van der Waals surface area contributed by atoms with Gasteiger partial charge in [0.25, 0.3) is 0 Å². The van der Waals surface area contributed by atoms with Gasteiger partial charge in [0, 0.05) is 22.6 Å². The van der Waals surface area contributed by atoms with Gasteiger partial charge in [-0.1, -0.05) is 42.8 Å². The first-order valence-corrected chi connectivity index (χ1v) is 9.56. The lowest BCUT2D eigenvalue weighted by atomic mass is 10.1. The number of anilines is 1. The molecule has 1 N–H and O–H groups in total. The molecule has 0 radical (unpaired) electrons. The summed E-state index contributed by atoms with van der Waals surface area (Å²) in [4.78, 5) is 15.2. The number of fused-ring (bicyclic) bond motifs is 3. The van der Waals surface area contributed by atoms with Crippen molar-refractivity contribution in [2.24, 2.45) is 0 Å². The molecule has 5 heteroatoms. The maximum Gasteiger partial charge on any atom is 0.322 e. The minimum absolute atomic E-state index is 0.00751. The summed E-state index contributed by atoms with van der Waals surface area (Å²) in [5.41, 5.74) is 5.00. The summed E-state index contributed by atoms with van der Waals surface area (Å²) in [5.74, 6) is 0. The molecule has 1 aliphatic heterocycles. The Morgan fingerprint density at radius 1 is 1.15 bits per heavy atom. The van der Waals surface area contributed by atoms with Gasteiger partial charge in [-0.25, -0.2) is 4.79 Å². The van der Waals surface area contributed by atoms with Gasteiger partial charge in [-0.3, -0.25) is 0 Å². The Hall–Kier alpha value is -2.72. The van der Waals surface area contributed by atoms with E-state index in [1.54, 1.807) is 0 Å². The zero-order valence-corrected chi connectivity index (χ0v) is 16.2. The van der Waals surface area contributed by atoms with Gasteiger partial charge in [0.1, 0.15) is 0 Å². The Morgan fingerprint density at radius 3 is 2.78 bits per heavy atom. The smallest absolute Gasteiger partial charge is 0.318 e. The van der Waals surface area contributed by atoms with Crippen molar-refractivity contribution in [1.29, 1.82) is 0 Å². The number of benzene rings is 2. The van der Waals surface area contributed by atoms with Crippen molar-refractivity contribution in [2.75, 3.05) is 5.32 Å². The van der Waals surface area contributed by atoms with Crippen LogP contribution in [0.25, 0.3) is 5.69 Å². The van der Waals surface area contributed by atoms with Gasteiger partial charge in [0.05, 0.1) is 18.3 Å². The number of carbonyl (C=O) groups is 1. The van der Waals surface area contributed by atoms with Crippen molar-refractivity contribution in [2.45, 2.75) is 32.9 Å². The van der Waals surface area contributed by atoms with Crippen LogP contribution in [0.2, 0.25) is 5.02 Å². The molecule has 4 rings (SSSR count). The van der Waals surface area contributed by atoms with Crippen molar-refractivity contribution in [3.8, 4) is 5.69 Å². The molecule has 1 aromatic heterocycles. The molecule has 2 heterocycles. The Bertz CT molecular complexity index is 995. The number of hydrogen-bond donors (Lipinski definition) is 1. The third-order valence-electron chi connectivity index (χ3n) is 5.25. The van der Waals surface area contributed by atoms with Gasteiger partial charge in [-0.2, -0.15) is 0 Å². The van der Waals surface area contributed by atoms with E-state index >= 15 is 0 Å². The van der Waals surface area contributed by atoms with Crippen molar-refractivity contribution in [3.63, 3.8) is 0 Å². The average molecular weight is 380 g/mol. The summed E-state index contributed by atoms with van der Waals surface area (Å²) in [6, 6.07) is 17.8. The van der Waals surface area contributed by atoms with E-state index in [2.05, 4.69) is 41.2 Å². The lowest BCUT2D eigenvalue weighted by Gasteiger charge is -2.30. The number of halogens is 1. The summed E-state index contributed by atoms with van der Waals surface area (Å²) in [7, 11) is 0. The highest BCUT2D eigenvalue weighted by Crippen LogP contribution is 2.34. The SMILES string of the molecule is CC[C@@H]1c2cccn2-c2ccccc2CN1C(=O)Nc1cccc(Cl)c1C. The molecule has 4 nitrogen and oxygen atoms in total. The molecule has 138 valence electrons. The number of nitrogens with zero attached hydrogens (tertiary/aromatic N) is 2. The quantitative estimate of drug-likeness (QED) is 0.588. The number of aromatic nitrogens is 1. The number of nitrogens with one attached hydrogen (secondary N) is 1. The van der Waals surface area contributed by atoms with Crippen LogP contribution in [0.3, 0.4) is 0 Å². The topological polar surface area (TPSA) is 37.3 Å². The summed E-state index contributed by atoms with van der Waals surface area (Å²) in [6.07, 6.45) is 2.90. The number of hydrogen-bond acceptors (Lipinski definition) is 1. The molecule has 0 bridgehead atoms. The monoisotopic (exact) mass is 379 g/mol. The number of urea groups is 1. The molecule has 2 aromatic carbocycles. The van der Waals surface area contributed by atoms with E-state index in [0.29, 0.717) is 11.6 Å². The second-order valence-electron chi connectivity index (χ2n) is 6.83. The first-order valence-electron chi connectivity index (χ1n) is 9.18. The Balaban J connectivity index is 1.74. The second kappa shape index (κ2) is 7.12. The van der Waals surface area contributed by atoms with Crippen molar-refractivity contribution in [3.05, 3.63) is 82.6 Å². The lowest BCUT2D eigenvalue weighted by molar-refractivity contribution is 0.181. The predicted octanol–water partition coefficient (Wildman–Crippen LogP) is 5.94. The molecule has 1 aliphatic rings. The van der Waals surface area contributed by atoms with Crippen LogP contribution in [-0.2, 0) is 6.54 Å². The lowest BCUT2D eigenvalue weighted by Crippen LogP contribution is -2.37. The number of carbonyl (C=O) groups excluding carboxylic acids is 1. The summed E-state index contributed by atoms with van der Waals surface area (Å²) < 4.78 is 2.20. The van der Waals surface area contributed by atoms with E-state index < -0.39 is 0 Å². The average Bonchev–Trinajstić information content (AvgIpc) is 3.10. The van der Waals surface area contributed by atoms with E-state index in [1.165, 1.54) is 0 Å².